The van der Waals surface area contributed by atoms with Gasteiger partial charge in [-0.3, -0.25) is 4.99 Å². The zero-order chi connectivity index (χ0) is 16.9. The van der Waals surface area contributed by atoms with Crippen molar-refractivity contribution in [3.63, 3.8) is 0 Å². The van der Waals surface area contributed by atoms with Crippen molar-refractivity contribution >= 4 is 21.9 Å². The Morgan fingerprint density at radius 1 is 1.25 bits per heavy atom. The Bertz CT molecular complexity index is 715. The van der Waals surface area contributed by atoms with Crippen LogP contribution in [0.15, 0.2) is 58.0 Å². The summed E-state index contributed by atoms with van der Waals surface area (Å²) in [5.74, 6) is 2.27. The first kappa shape index (κ1) is 16.8. The molecule has 1 saturated carbocycles. The van der Waals surface area contributed by atoms with E-state index >= 15 is 0 Å². The zero-order valence-corrected chi connectivity index (χ0v) is 15.5. The van der Waals surface area contributed by atoms with Crippen LogP contribution in [0.3, 0.4) is 0 Å². The topological polar surface area (TPSA) is 45.7 Å². The molecule has 0 spiro atoms. The number of hydrogen-bond donors (Lipinski definition) is 2. The Morgan fingerprint density at radius 2 is 2.04 bits per heavy atom. The summed E-state index contributed by atoms with van der Waals surface area (Å²) >= 11 is 3.48. The number of benzene rings is 2. The summed E-state index contributed by atoms with van der Waals surface area (Å²) < 4.78 is 6.37. The van der Waals surface area contributed by atoms with Crippen molar-refractivity contribution in [3.05, 3.63) is 64.1 Å². The quantitative estimate of drug-likeness (QED) is 0.607. The molecular weight excluding hydrogens is 366 g/mol. The minimum Gasteiger partial charge on any atom is -0.497 e. The fraction of sp³-hybridized carbons (Fsp3) is 0.316. The number of nitrogens with zero attached hydrogens (tertiary/aromatic N) is 1. The molecule has 1 aliphatic rings. The Balaban J connectivity index is 1.52. The van der Waals surface area contributed by atoms with Gasteiger partial charge >= 0.3 is 0 Å². The van der Waals surface area contributed by atoms with Crippen molar-refractivity contribution in [1.29, 1.82) is 0 Å². The molecule has 3 rings (SSSR count). The maximum atomic E-state index is 5.26. The van der Waals surface area contributed by atoms with E-state index in [1.807, 2.05) is 18.2 Å². The molecule has 2 unspecified atom stereocenters. The number of guanidine groups is 1. The van der Waals surface area contributed by atoms with Crippen molar-refractivity contribution in [3.8, 4) is 5.75 Å². The molecule has 0 heterocycles. The first-order valence-corrected chi connectivity index (χ1v) is 8.84. The Morgan fingerprint density at radius 3 is 2.75 bits per heavy atom. The molecule has 0 saturated heterocycles. The number of methoxy groups -OCH3 is 1. The fourth-order valence-electron chi connectivity index (χ4n) is 2.77. The normalized spacial score (nSPS) is 19.7. The first-order chi connectivity index (χ1) is 11.7. The van der Waals surface area contributed by atoms with Crippen LogP contribution in [0, 0.1) is 0 Å². The minimum absolute atomic E-state index is 0.447. The van der Waals surface area contributed by atoms with Crippen molar-refractivity contribution in [1.82, 2.24) is 10.6 Å². The number of nitrogens with one attached hydrogen (secondary N) is 2. The molecule has 2 atom stereocenters. The standard InChI is InChI=1S/C19H22BrN3O/c1-21-19(22-12-13-4-3-5-16(10-13)24-2)23-18-11-17(18)14-6-8-15(20)9-7-14/h3-10,17-18H,11-12H2,1-2H3,(H2,21,22,23). The molecule has 5 heteroatoms. The highest BCUT2D eigenvalue weighted by Crippen LogP contribution is 2.40. The van der Waals surface area contributed by atoms with Gasteiger partial charge in [-0.1, -0.05) is 40.2 Å². The van der Waals surface area contributed by atoms with Gasteiger partial charge in [0.15, 0.2) is 5.96 Å². The van der Waals surface area contributed by atoms with E-state index in [2.05, 4.69) is 61.9 Å². The van der Waals surface area contributed by atoms with E-state index < -0.39 is 0 Å². The number of ether oxygens (including phenoxy) is 1. The summed E-state index contributed by atoms with van der Waals surface area (Å²) in [6, 6.07) is 17.1. The van der Waals surface area contributed by atoms with Crippen LogP contribution in [0.5, 0.6) is 5.75 Å². The van der Waals surface area contributed by atoms with Crippen LogP contribution in [-0.2, 0) is 6.54 Å². The lowest BCUT2D eigenvalue weighted by Gasteiger charge is -2.12. The van der Waals surface area contributed by atoms with Gasteiger partial charge in [0.05, 0.1) is 7.11 Å². The Labute approximate surface area is 151 Å². The van der Waals surface area contributed by atoms with E-state index in [0.717, 1.165) is 28.2 Å². The van der Waals surface area contributed by atoms with Gasteiger partial charge in [-0.2, -0.15) is 0 Å². The molecule has 1 fully saturated rings. The molecule has 0 aromatic heterocycles. The lowest BCUT2D eigenvalue weighted by atomic mass is 10.1. The second-order valence-corrected chi connectivity index (χ2v) is 6.84. The Hall–Kier alpha value is -2.01. The van der Waals surface area contributed by atoms with Gasteiger partial charge in [-0.05, 0) is 41.8 Å². The first-order valence-electron chi connectivity index (χ1n) is 8.05. The van der Waals surface area contributed by atoms with Crippen molar-refractivity contribution in [2.24, 2.45) is 4.99 Å². The van der Waals surface area contributed by atoms with Crippen LogP contribution >= 0.6 is 15.9 Å². The smallest absolute Gasteiger partial charge is 0.191 e. The van der Waals surface area contributed by atoms with E-state index in [9.17, 15) is 0 Å². The summed E-state index contributed by atoms with van der Waals surface area (Å²) in [7, 11) is 3.49. The highest BCUT2D eigenvalue weighted by atomic mass is 79.9. The van der Waals surface area contributed by atoms with Crippen LogP contribution in [0.25, 0.3) is 0 Å². The van der Waals surface area contributed by atoms with Crippen LogP contribution in [0.4, 0.5) is 0 Å². The summed E-state index contributed by atoms with van der Waals surface area (Å²) in [5, 5.41) is 6.86. The van der Waals surface area contributed by atoms with Gasteiger partial charge in [0.2, 0.25) is 0 Å². The van der Waals surface area contributed by atoms with Gasteiger partial charge in [-0.25, -0.2) is 0 Å². The minimum atomic E-state index is 0.447. The maximum Gasteiger partial charge on any atom is 0.191 e. The largest absolute Gasteiger partial charge is 0.497 e. The third-order valence-electron chi connectivity index (χ3n) is 4.23. The molecule has 0 bridgehead atoms. The summed E-state index contributed by atoms with van der Waals surface area (Å²) in [4.78, 5) is 4.32. The zero-order valence-electron chi connectivity index (χ0n) is 13.9. The third kappa shape index (κ3) is 4.29. The number of aliphatic imine (C=N–C) groups is 1. The molecular formula is C19H22BrN3O. The molecule has 0 aliphatic heterocycles. The summed E-state index contributed by atoms with van der Waals surface area (Å²) in [6.45, 7) is 0.715. The van der Waals surface area contributed by atoms with E-state index in [4.69, 9.17) is 4.74 Å². The van der Waals surface area contributed by atoms with Crippen molar-refractivity contribution in [2.75, 3.05) is 14.2 Å². The molecule has 0 amide bonds. The lowest BCUT2D eigenvalue weighted by molar-refractivity contribution is 0.414. The second kappa shape index (κ2) is 7.71. The number of halogens is 1. The van der Waals surface area contributed by atoms with Crippen LogP contribution in [0.1, 0.15) is 23.5 Å². The van der Waals surface area contributed by atoms with Crippen molar-refractivity contribution < 1.29 is 4.74 Å². The summed E-state index contributed by atoms with van der Waals surface area (Å²) in [5.41, 5.74) is 2.54. The average Bonchev–Trinajstić information content (AvgIpc) is 3.38. The summed E-state index contributed by atoms with van der Waals surface area (Å²) in [6.07, 6.45) is 1.14. The van der Waals surface area contributed by atoms with Crippen molar-refractivity contribution in [2.45, 2.75) is 24.9 Å². The fourth-order valence-corrected chi connectivity index (χ4v) is 3.04. The van der Waals surface area contributed by atoms with Crippen LogP contribution < -0.4 is 15.4 Å². The molecule has 2 aromatic carbocycles. The van der Waals surface area contributed by atoms with Gasteiger partial charge in [0.1, 0.15) is 5.75 Å². The highest BCUT2D eigenvalue weighted by molar-refractivity contribution is 9.10. The van der Waals surface area contributed by atoms with Gasteiger partial charge < -0.3 is 15.4 Å². The monoisotopic (exact) mass is 387 g/mol. The molecule has 2 aromatic rings. The number of hydrogen-bond acceptors (Lipinski definition) is 2. The predicted molar refractivity (Wildman–Crippen MR) is 102 cm³/mol. The molecule has 0 radical (unpaired) electrons. The SMILES string of the molecule is CN=C(NCc1cccc(OC)c1)NC1CC1c1ccc(Br)cc1. The molecule has 24 heavy (non-hydrogen) atoms. The average molecular weight is 388 g/mol. The van der Waals surface area contributed by atoms with E-state index in [-0.39, 0.29) is 0 Å². The maximum absolute atomic E-state index is 5.26. The molecule has 4 nitrogen and oxygen atoms in total. The van der Waals surface area contributed by atoms with E-state index in [1.165, 1.54) is 5.56 Å². The second-order valence-electron chi connectivity index (χ2n) is 5.92. The predicted octanol–water partition coefficient (Wildman–Crippen LogP) is 3.68. The van der Waals surface area contributed by atoms with Crippen LogP contribution in [0.2, 0.25) is 0 Å². The lowest BCUT2D eigenvalue weighted by Crippen LogP contribution is -2.38. The van der Waals surface area contributed by atoms with Gasteiger partial charge in [0, 0.05) is 30.0 Å². The third-order valence-corrected chi connectivity index (χ3v) is 4.76. The molecule has 126 valence electrons. The Kier molecular flexibility index (Phi) is 5.41. The van der Waals surface area contributed by atoms with Gasteiger partial charge in [-0.15, -0.1) is 0 Å². The number of rotatable bonds is 5. The van der Waals surface area contributed by atoms with Gasteiger partial charge in [0.25, 0.3) is 0 Å². The highest BCUT2D eigenvalue weighted by Gasteiger charge is 2.38. The van der Waals surface area contributed by atoms with Crippen LogP contribution in [-0.4, -0.2) is 26.2 Å². The van der Waals surface area contributed by atoms with E-state index in [1.54, 1.807) is 14.2 Å². The van der Waals surface area contributed by atoms with E-state index in [0.29, 0.717) is 18.5 Å². The molecule has 2 N–H and O–H groups in total. The molecule has 1 aliphatic carbocycles.